The molecule has 0 aliphatic carbocycles. The Kier molecular flexibility index (Phi) is 1.73. The van der Waals surface area contributed by atoms with Crippen LogP contribution in [0.3, 0.4) is 0 Å². The number of rotatable bonds is 1. The molecule has 0 N–H and O–H groups in total. The molecule has 0 saturated carbocycles. The molecule has 0 bridgehead atoms. The molecule has 0 aromatic carbocycles. The lowest BCUT2D eigenvalue weighted by Crippen LogP contribution is -2.42. The number of hydrogen-bond donors (Lipinski definition) is 0. The highest BCUT2D eigenvalue weighted by Gasteiger charge is 2.67. The van der Waals surface area contributed by atoms with E-state index in [-0.39, 0.29) is 13.2 Å². The van der Waals surface area contributed by atoms with Gasteiger partial charge in [0.05, 0.1) is 7.11 Å². The third-order valence-corrected chi connectivity index (χ3v) is 2.62. The number of cyclic esters (lactones) is 2. The second kappa shape index (κ2) is 2.70. The maximum Gasteiger partial charge on any atom is 0.328 e. The zero-order chi connectivity index (χ0) is 10.3. The minimum atomic E-state index is -1.55. The summed E-state index contributed by atoms with van der Waals surface area (Å²) in [6.45, 7) is -0.380. The Morgan fingerprint density at radius 2 is 2.21 bits per heavy atom. The minimum absolute atomic E-state index is 0.104. The van der Waals surface area contributed by atoms with E-state index >= 15 is 0 Å². The van der Waals surface area contributed by atoms with Crippen molar-refractivity contribution in [2.75, 3.05) is 20.3 Å². The average Bonchev–Trinajstić information content (AvgIpc) is 2.68. The molecule has 2 aliphatic heterocycles. The molecule has 76 valence electrons. The molecule has 0 spiro atoms. The fraction of sp³-hybridized carbons (Fsp3) is 0.625. The number of fused-ring (bicyclic) bond motifs is 1. The van der Waals surface area contributed by atoms with Gasteiger partial charge in [-0.05, 0) is 0 Å². The van der Waals surface area contributed by atoms with Crippen molar-refractivity contribution < 1.29 is 28.6 Å². The van der Waals surface area contributed by atoms with Crippen LogP contribution in [0.25, 0.3) is 0 Å². The van der Waals surface area contributed by atoms with Crippen LogP contribution in [0.4, 0.5) is 0 Å². The summed E-state index contributed by atoms with van der Waals surface area (Å²) in [5.74, 6) is -2.93. The normalized spacial score (nSPS) is 34.8. The van der Waals surface area contributed by atoms with E-state index in [1.54, 1.807) is 0 Å². The molecule has 2 atom stereocenters. The van der Waals surface area contributed by atoms with Gasteiger partial charge < -0.3 is 14.2 Å². The predicted octanol–water partition coefficient (Wildman–Crippen LogP) is -1.12. The van der Waals surface area contributed by atoms with Gasteiger partial charge in [-0.1, -0.05) is 0 Å². The largest absolute Gasteiger partial charge is 0.468 e. The van der Waals surface area contributed by atoms with Crippen LogP contribution in [-0.4, -0.2) is 38.2 Å². The molecule has 2 aliphatic rings. The lowest BCUT2D eigenvalue weighted by Gasteiger charge is -2.16. The molecule has 14 heavy (non-hydrogen) atoms. The highest BCUT2D eigenvalue weighted by atomic mass is 16.6. The third-order valence-electron chi connectivity index (χ3n) is 2.62. The van der Waals surface area contributed by atoms with Gasteiger partial charge in [-0.3, -0.25) is 14.4 Å². The van der Waals surface area contributed by atoms with Crippen LogP contribution in [0.15, 0.2) is 0 Å². The SMILES string of the molecule is COC(=O)[C@@]12COC(=O)[C@@H]1COC2=O. The molecular formula is C8H8O6. The van der Waals surface area contributed by atoms with Crippen LogP contribution in [0.1, 0.15) is 0 Å². The number of carbonyl (C=O) groups is 3. The first-order chi connectivity index (χ1) is 6.63. The molecule has 0 radical (unpaired) electrons. The summed E-state index contributed by atoms with van der Waals surface area (Å²) >= 11 is 0. The van der Waals surface area contributed by atoms with Crippen LogP contribution >= 0.6 is 0 Å². The van der Waals surface area contributed by atoms with Gasteiger partial charge in [-0.15, -0.1) is 0 Å². The van der Waals surface area contributed by atoms with Gasteiger partial charge in [0.15, 0.2) is 0 Å². The van der Waals surface area contributed by atoms with E-state index in [1.807, 2.05) is 0 Å². The lowest BCUT2D eigenvalue weighted by atomic mass is 9.80. The Bertz CT molecular complexity index is 322. The van der Waals surface area contributed by atoms with Crippen LogP contribution < -0.4 is 0 Å². The van der Waals surface area contributed by atoms with Crippen molar-refractivity contribution in [1.29, 1.82) is 0 Å². The number of esters is 3. The van der Waals surface area contributed by atoms with Gasteiger partial charge in [0.25, 0.3) is 0 Å². The fourth-order valence-electron chi connectivity index (χ4n) is 1.75. The van der Waals surface area contributed by atoms with Crippen molar-refractivity contribution >= 4 is 17.9 Å². The molecule has 2 saturated heterocycles. The summed E-state index contributed by atoms with van der Waals surface area (Å²) in [7, 11) is 1.16. The number of hydrogen-bond acceptors (Lipinski definition) is 6. The van der Waals surface area contributed by atoms with E-state index in [9.17, 15) is 14.4 Å². The van der Waals surface area contributed by atoms with Gasteiger partial charge in [-0.2, -0.15) is 0 Å². The Balaban J connectivity index is 2.42. The summed E-state index contributed by atoms with van der Waals surface area (Å²) in [6, 6.07) is 0. The Morgan fingerprint density at radius 1 is 1.50 bits per heavy atom. The van der Waals surface area contributed by atoms with E-state index in [4.69, 9.17) is 0 Å². The number of methoxy groups -OCH3 is 1. The molecule has 0 amide bonds. The second-order valence-corrected chi connectivity index (χ2v) is 3.22. The molecule has 6 nitrogen and oxygen atoms in total. The second-order valence-electron chi connectivity index (χ2n) is 3.22. The lowest BCUT2D eigenvalue weighted by molar-refractivity contribution is -0.164. The molecule has 6 heteroatoms. The number of ether oxygens (including phenoxy) is 3. The summed E-state index contributed by atoms with van der Waals surface area (Å²) in [5.41, 5.74) is -1.55. The van der Waals surface area contributed by atoms with Gasteiger partial charge >= 0.3 is 17.9 Å². The third kappa shape index (κ3) is 0.826. The standard InChI is InChI=1S/C8H8O6/c1-12-6(10)8-3-14-5(9)4(8)2-13-7(8)11/h4H,2-3H2,1H3/t4-,8+/m0/s1. The number of carbonyl (C=O) groups excluding carboxylic acids is 3. The first-order valence-corrected chi connectivity index (χ1v) is 4.05. The van der Waals surface area contributed by atoms with Crippen LogP contribution in [0.5, 0.6) is 0 Å². The predicted molar refractivity (Wildman–Crippen MR) is 39.9 cm³/mol. The van der Waals surface area contributed by atoms with Crippen molar-refractivity contribution in [2.45, 2.75) is 0 Å². The summed E-state index contributed by atoms with van der Waals surface area (Å²) in [6.07, 6.45) is 0. The van der Waals surface area contributed by atoms with Crippen molar-refractivity contribution in [3.8, 4) is 0 Å². The molecule has 0 aromatic heterocycles. The smallest absolute Gasteiger partial charge is 0.328 e. The summed E-state index contributed by atoms with van der Waals surface area (Å²) in [4.78, 5) is 34.0. The Hall–Kier alpha value is -1.59. The summed E-state index contributed by atoms with van der Waals surface area (Å²) in [5, 5.41) is 0. The maximum atomic E-state index is 11.4. The van der Waals surface area contributed by atoms with Crippen molar-refractivity contribution in [2.24, 2.45) is 11.3 Å². The van der Waals surface area contributed by atoms with Crippen molar-refractivity contribution in [3.05, 3.63) is 0 Å². The zero-order valence-corrected chi connectivity index (χ0v) is 7.44. The molecule has 2 fully saturated rings. The zero-order valence-electron chi connectivity index (χ0n) is 7.44. The van der Waals surface area contributed by atoms with E-state index in [0.717, 1.165) is 7.11 Å². The van der Waals surface area contributed by atoms with Gasteiger partial charge in [-0.25, -0.2) is 0 Å². The van der Waals surface area contributed by atoms with Gasteiger partial charge in [0, 0.05) is 0 Å². The highest BCUT2D eigenvalue weighted by molar-refractivity contribution is 6.07. The average molecular weight is 200 g/mol. The van der Waals surface area contributed by atoms with E-state index in [1.165, 1.54) is 0 Å². The van der Waals surface area contributed by atoms with Crippen LogP contribution in [-0.2, 0) is 28.6 Å². The monoisotopic (exact) mass is 200 g/mol. The molecule has 2 rings (SSSR count). The first-order valence-electron chi connectivity index (χ1n) is 4.05. The maximum absolute atomic E-state index is 11.4. The Labute approximate surface area is 79.1 Å². The van der Waals surface area contributed by atoms with E-state index in [2.05, 4.69) is 14.2 Å². The van der Waals surface area contributed by atoms with Crippen LogP contribution in [0.2, 0.25) is 0 Å². The van der Waals surface area contributed by atoms with Gasteiger partial charge in [0.1, 0.15) is 19.1 Å². The quantitative estimate of drug-likeness (QED) is 0.303. The first kappa shape index (κ1) is 8.98. The Morgan fingerprint density at radius 3 is 2.86 bits per heavy atom. The summed E-state index contributed by atoms with van der Waals surface area (Å²) < 4.78 is 13.8. The minimum Gasteiger partial charge on any atom is -0.468 e. The fourth-order valence-corrected chi connectivity index (χ4v) is 1.75. The van der Waals surface area contributed by atoms with E-state index in [0.29, 0.717) is 0 Å². The van der Waals surface area contributed by atoms with Crippen molar-refractivity contribution in [1.82, 2.24) is 0 Å². The molecular weight excluding hydrogens is 192 g/mol. The topological polar surface area (TPSA) is 78.9 Å². The van der Waals surface area contributed by atoms with Crippen molar-refractivity contribution in [3.63, 3.8) is 0 Å². The van der Waals surface area contributed by atoms with Gasteiger partial charge in [0.2, 0.25) is 5.41 Å². The molecule has 2 heterocycles. The highest BCUT2D eigenvalue weighted by Crippen LogP contribution is 2.42. The van der Waals surface area contributed by atoms with E-state index < -0.39 is 29.2 Å². The molecule has 0 unspecified atom stereocenters. The van der Waals surface area contributed by atoms with Crippen LogP contribution in [0, 0.1) is 11.3 Å². The molecule has 0 aromatic rings.